The van der Waals surface area contributed by atoms with E-state index < -0.39 is 0 Å². The number of aryl methyl sites for hydroxylation is 1. The summed E-state index contributed by atoms with van der Waals surface area (Å²) >= 11 is 0. The maximum atomic E-state index is 4.50. The average molecular weight is 304 g/mol. The van der Waals surface area contributed by atoms with Crippen LogP contribution in [0, 0.1) is 0 Å². The van der Waals surface area contributed by atoms with Crippen molar-refractivity contribution in [2.45, 2.75) is 38.3 Å². The van der Waals surface area contributed by atoms with Crippen molar-refractivity contribution in [3.05, 3.63) is 53.6 Å². The molecule has 2 unspecified atom stereocenters. The molecule has 3 aromatic rings. The molecule has 1 aromatic heterocycles. The monoisotopic (exact) mass is 304 g/mol. The number of para-hydroxylation sites is 2. The summed E-state index contributed by atoms with van der Waals surface area (Å²) in [6.07, 6.45) is 3.54. The minimum atomic E-state index is 0.279. The third-order valence-corrected chi connectivity index (χ3v) is 5.41. The summed E-state index contributed by atoms with van der Waals surface area (Å²) in [6.45, 7) is 3.52. The normalized spacial score (nSPS) is 23.1. The van der Waals surface area contributed by atoms with Gasteiger partial charge in [0.15, 0.2) is 0 Å². The Kier molecular flexibility index (Phi) is 2.75. The molecule has 4 nitrogen and oxygen atoms in total. The number of aromatic nitrogens is 3. The van der Waals surface area contributed by atoms with E-state index in [0.29, 0.717) is 6.04 Å². The van der Waals surface area contributed by atoms with Crippen molar-refractivity contribution in [2.75, 3.05) is 11.4 Å². The molecule has 5 rings (SSSR count). The maximum absolute atomic E-state index is 4.50. The Labute approximate surface area is 135 Å². The van der Waals surface area contributed by atoms with E-state index >= 15 is 0 Å². The SMILES string of the molecule is CC1CC(n2nnc3ccccc32)c2cccc3c2N1CCC3. The summed E-state index contributed by atoms with van der Waals surface area (Å²) in [5.41, 5.74) is 6.48. The lowest BCUT2D eigenvalue weighted by Crippen LogP contribution is -2.43. The fraction of sp³-hybridized carbons (Fsp3) is 0.368. The zero-order valence-electron chi connectivity index (χ0n) is 13.3. The highest BCUT2D eigenvalue weighted by Crippen LogP contribution is 2.43. The number of benzene rings is 2. The minimum Gasteiger partial charge on any atom is -0.368 e. The van der Waals surface area contributed by atoms with Gasteiger partial charge in [0, 0.05) is 23.8 Å². The number of anilines is 1. The van der Waals surface area contributed by atoms with Gasteiger partial charge < -0.3 is 4.90 Å². The second kappa shape index (κ2) is 4.82. The van der Waals surface area contributed by atoms with Gasteiger partial charge in [-0.05, 0) is 43.9 Å². The van der Waals surface area contributed by atoms with Crippen LogP contribution in [-0.4, -0.2) is 27.6 Å². The van der Waals surface area contributed by atoms with Crippen molar-refractivity contribution in [3.8, 4) is 0 Å². The summed E-state index contributed by atoms with van der Waals surface area (Å²) < 4.78 is 2.13. The van der Waals surface area contributed by atoms with E-state index in [2.05, 4.69) is 57.1 Å². The van der Waals surface area contributed by atoms with Crippen LogP contribution < -0.4 is 4.90 Å². The number of hydrogen-bond acceptors (Lipinski definition) is 3. The molecule has 0 spiro atoms. The first-order valence-electron chi connectivity index (χ1n) is 8.51. The molecule has 0 aliphatic carbocycles. The summed E-state index contributed by atoms with van der Waals surface area (Å²) in [7, 11) is 0. The Morgan fingerprint density at radius 1 is 1.09 bits per heavy atom. The molecule has 0 saturated carbocycles. The van der Waals surface area contributed by atoms with Crippen LogP contribution in [0.4, 0.5) is 5.69 Å². The highest BCUT2D eigenvalue weighted by Gasteiger charge is 2.35. The van der Waals surface area contributed by atoms with Crippen LogP contribution >= 0.6 is 0 Å². The molecule has 2 aromatic carbocycles. The lowest BCUT2D eigenvalue weighted by Gasteiger charge is -2.44. The Hall–Kier alpha value is -2.36. The van der Waals surface area contributed by atoms with Gasteiger partial charge in [0.05, 0.1) is 11.6 Å². The minimum absolute atomic E-state index is 0.279. The van der Waals surface area contributed by atoms with E-state index in [1.165, 1.54) is 36.2 Å². The number of hydrogen-bond donors (Lipinski definition) is 0. The Balaban J connectivity index is 1.73. The molecule has 4 heteroatoms. The first-order valence-corrected chi connectivity index (χ1v) is 8.51. The standard InChI is InChI=1S/C19H20N4/c1-13-12-18(23-17-10-3-2-9-16(17)20-21-23)15-8-4-6-14-7-5-11-22(13)19(14)15/h2-4,6,8-10,13,18H,5,7,11-12H2,1H3. The van der Waals surface area contributed by atoms with Gasteiger partial charge in [-0.25, -0.2) is 4.68 Å². The van der Waals surface area contributed by atoms with Crippen LogP contribution in [0.25, 0.3) is 11.0 Å². The van der Waals surface area contributed by atoms with Gasteiger partial charge in [-0.3, -0.25) is 0 Å². The van der Waals surface area contributed by atoms with Crippen LogP contribution in [0.15, 0.2) is 42.5 Å². The molecule has 2 aliphatic heterocycles. The van der Waals surface area contributed by atoms with Gasteiger partial charge >= 0.3 is 0 Å². The van der Waals surface area contributed by atoms with Crippen molar-refractivity contribution in [3.63, 3.8) is 0 Å². The maximum Gasteiger partial charge on any atom is 0.113 e. The predicted molar refractivity (Wildman–Crippen MR) is 91.9 cm³/mol. The lowest BCUT2D eigenvalue weighted by molar-refractivity contribution is 0.410. The van der Waals surface area contributed by atoms with Gasteiger partial charge in [-0.1, -0.05) is 35.5 Å². The first-order chi connectivity index (χ1) is 11.3. The molecule has 2 aliphatic rings. The van der Waals surface area contributed by atoms with E-state index in [1.54, 1.807) is 0 Å². The largest absolute Gasteiger partial charge is 0.368 e. The summed E-state index contributed by atoms with van der Waals surface area (Å²) in [6, 6.07) is 15.9. The quantitative estimate of drug-likeness (QED) is 0.689. The highest BCUT2D eigenvalue weighted by atomic mass is 15.4. The fourth-order valence-corrected chi connectivity index (χ4v) is 4.35. The van der Waals surface area contributed by atoms with Crippen LogP contribution in [0.5, 0.6) is 0 Å². The van der Waals surface area contributed by atoms with Crippen molar-refractivity contribution < 1.29 is 0 Å². The highest BCUT2D eigenvalue weighted by molar-refractivity contribution is 5.75. The number of nitrogens with zero attached hydrogens (tertiary/aromatic N) is 4. The molecule has 0 bridgehead atoms. The number of rotatable bonds is 1. The van der Waals surface area contributed by atoms with Crippen molar-refractivity contribution in [1.29, 1.82) is 0 Å². The second-order valence-electron chi connectivity index (χ2n) is 6.78. The Morgan fingerprint density at radius 3 is 2.96 bits per heavy atom. The topological polar surface area (TPSA) is 34.0 Å². The third kappa shape index (κ3) is 1.84. The molecule has 3 heterocycles. The van der Waals surface area contributed by atoms with Crippen LogP contribution in [0.3, 0.4) is 0 Å². The van der Waals surface area contributed by atoms with E-state index in [4.69, 9.17) is 0 Å². The Bertz CT molecular complexity index is 882. The average Bonchev–Trinajstić information content (AvgIpc) is 3.02. The fourth-order valence-electron chi connectivity index (χ4n) is 4.35. The Morgan fingerprint density at radius 2 is 2.00 bits per heavy atom. The van der Waals surface area contributed by atoms with Gasteiger partial charge in [-0.15, -0.1) is 5.10 Å². The third-order valence-electron chi connectivity index (χ3n) is 5.41. The van der Waals surface area contributed by atoms with Gasteiger partial charge in [0.25, 0.3) is 0 Å². The van der Waals surface area contributed by atoms with Crippen LogP contribution in [-0.2, 0) is 6.42 Å². The second-order valence-corrected chi connectivity index (χ2v) is 6.78. The van der Waals surface area contributed by atoms with E-state index in [-0.39, 0.29) is 6.04 Å². The molecule has 0 saturated heterocycles. The van der Waals surface area contributed by atoms with Crippen LogP contribution in [0.2, 0.25) is 0 Å². The van der Waals surface area contributed by atoms with Crippen molar-refractivity contribution >= 4 is 16.7 Å². The smallest absolute Gasteiger partial charge is 0.113 e. The number of fused-ring (bicyclic) bond motifs is 1. The molecule has 116 valence electrons. The van der Waals surface area contributed by atoms with Crippen LogP contribution in [0.1, 0.15) is 36.9 Å². The van der Waals surface area contributed by atoms with E-state index in [9.17, 15) is 0 Å². The zero-order chi connectivity index (χ0) is 15.4. The van der Waals surface area contributed by atoms with Gasteiger partial charge in [-0.2, -0.15) is 0 Å². The zero-order valence-corrected chi connectivity index (χ0v) is 13.3. The molecule has 2 atom stereocenters. The molecule has 23 heavy (non-hydrogen) atoms. The van der Waals surface area contributed by atoms with E-state index in [1.807, 2.05) is 12.1 Å². The van der Waals surface area contributed by atoms with Crippen molar-refractivity contribution in [2.24, 2.45) is 0 Å². The summed E-state index contributed by atoms with van der Waals surface area (Å²) in [5, 5.41) is 8.87. The van der Waals surface area contributed by atoms with Crippen molar-refractivity contribution in [1.82, 2.24) is 15.0 Å². The first kappa shape index (κ1) is 13.1. The lowest BCUT2D eigenvalue weighted by atomic mass is 9.86. The molecule has 0 fully saturated rings. The molecule has 0 radical (unpaired) electrons. The van der Waals surface area contributed by atoms with Gasteiger partial charge in [0.2, 0.25) is 0 Å². The van der Waals surface area contributed by atoms with Gasteiger partial charge in [0.1, 0.15) is 5.52 Å². The molecule has 0 N–H and O–H groups in total. The van der Waals surface area contributed by atoms with E-state index in [0.717, 1.165) is 17.5 Å². The molecular weight excluding hydrogens is 284 g/mol. The molecule has 0 amide bonds. The molecular formula is C19H20N4. The predicted octanol–water partition coefficient (Wildman–Crippen LogP) is 3.57. The summed E-state index contributed by atoms with van der Waals surface area (Å²) in [4.78, 5) is 2.60. The summed E-state index contributed by atoms with van der Waals surface area (Å²) in [5.74, 6) is 0.